The lowest BCUT2D eigenvalue weighted by Gasteiger charge is -2.06. The fourth-order valence-corrected chi connectivity index (χ4v) is 0.864. The van der Waals surface area contributed by atoms with E-state index < -0.39 is 34.9 Å². The largest absolute Gasteiger partial charge is 0.511 e. The van der Waals surface area contributed by atoms with Crippen LogP contribution in [-0.2, 0) is 0 Å². The van der Waals surface area contributed by atoms with Crippen molar-refractivity contribution in [2.75, 3.05) is 0 Å². The van der Waals surface area contributed by atoms with Crippen LogP contribution < -0.4 is 4.74 Å². The molecule has 0 spiro atoms. The van der Waals surface area contributed by atoms with Crippen LogP contribution in [0, 0.1) is 24.4 Å². The molecule has 0 saturated carbocycles. The molecule has 1 aromatic rings. The van der Waals surface area contributed by atoms with Crippen molar-refractivity contribution in [3.8, 4) is 5.75 Å². The van der Waals surface area contributed by atoms with Gasteiger partial charge in [-0.1, -0.05) is 0 Å². The normalized spacial score (nSPS) is 10.0. The van der Waals surface area contributed by atoms with Crippen molar-refractivity contribution in [1.29, 1.82) is 0 Å². The molecule has 6 heteroatoms. The predicted octanol–water partition coefficient (Wildman–Crippen LogP) is 2.47. The van der Waals surface area contributed by atoms with E-state index in [1.807, 2.05) is 0 Å². The first-order valence-corrected chi connectivity index (χ1v) is 3.48. The predicted molar refractivity (Wildman–Crippen MR) is 39.7 cm³/mol. The Balaban J connectivity index is 3.25. The van der Waals surface area contributed by atoms with Gasteiger partial charge in [-0.15, -0.1) is 0 Å². The standard InChI is InChI=1S/C8H5F3O3/c1-3-5(14-8(12)13)2-4(9)7(11)6(3)10/h2H,1H3,(H,12,13). The maximum Gasteiger partial charge on any atom is 0.511 e. The zero-order valence-electron chi connectivity index (χ0n) is 6.97. The minimum absolute atomic E-state index is 0.397. The molecule has 14 heavy (non-hydrogen) atoms. The SMILES string of the molecule is Cc1c(OC(=O)O)cc(F)c(F)c1F. The van der Waals surface area contributed by atoms with Crippen molar-refractivity contribution >= 4 is 6.16 Å². The molecule has 1 N–H and O–H groups in total. The Morgan fingerprint density at radius 3 is 2.43 bits per heavy atom. The van der Waals surface area contributed by atoms with E-state index in [0.29, 0.717) is 6.07 Å². The van der Waals surface area contributed by atoms with Gasteiger partial charge in [0.1, 0.15) is 5.75 Å². The fraction of sp³-hybridized carbons (Fsp3) is 0.125. The molecule has 0 aliphatic carbocycles. The molecule has 76 valence electrons. The molecule has 0 aliphatic rings. The summed E-state index contributed by atoms with van der Waals surface area (Å²) < 4.78 is 42.0. The first-order valence-electron chi connectivity index (χ1n) is 3.48. The molecule has 0 aliphatic heterocycles. The molecule has 0 aromatic heterocycles. The Bertz CT molecular complexity index is 390. The van der Waals surface area contributed by atoms with Crippen molar-refractivity contribution < 1.29 is 27.8 Å². The van der Waals surface area contributed by atoms with Gasteiger partial charge in [-0.05, 0) is 6.92 Å². The minimum atomic E-state index is -1.72. The zero-order chi connectivity index (χ0) is 10.9. The average molecular weight is 206 g/mol. The first-order chi connectivity index (χ1) is 6.43. The number of carboxylic acid groups (broad SMARTS) is 1. The summed E-state index contributed by atoms with van der Waals surface area (Å²) >= 11 is 0. The van der Waals surface area contributed by atoms with Crippen LogP contribution in [0.5, 0.6) is 5.75 Å². The third-order valence-electron chi connectivity index (χ3n) is 1.56. The highest BCUT2D eigenvalue weighted by Crippen LogP contribution is 2.25. The van der Waals surface area contributed by atoms with Crippen LogP contribution in [0.2, 0.25) is 0 Å². The van der Waals surface area contributed by atoms with Crippen molar-refractivity contribution in [3.63, 3.8) is 0 Å². The van der Waals surface area contributed by atoms with E-state index in [4.69, 9.17) is 5.11 Å². The summed E-state index contributed by atoms with van der Waals surface area (Å²) in [5.74, 6) is -5.17. The Labute approximate surface area is 76.7 Å². The lowest BCUT2D eigenvalue weighted by Crippen LogP contribution is -2.07. The third kappa shape index (κ3) is 1.78. The molecule has 0 radical (unpaired) electrons. The van der Waals surface area contributed by atoms with Gasteiger partial charge in [0.05, 0.1) is 0 Å². The van der Waals surface area contributed by atoms with Gasteiger partial charge in [0, 0.05) is 11.6 Å². The van der Waals surface area contributed by atoms with E-state index >= 15 is 0 Å². The molecule has 0 amide bonds. The van der Waals surface area contributed by atoms with Gasteiger partial charge < -0.3 is 9.84 Å². The van der Waals surface area contributed by atoms with Crippen LogP contribution in [0.25, 0.3) is 0 Å². The smallest absolute Gasteiger partial charge is 0.449 e. The minimum Gasteiger partial charge on any atom is -0.449 e. The summed E-state index contributed by atoms with van der Waals surface area (Å²) in [7, 11) is 0. The van der Waals surface area contributed by atoms with Crippen LogP contribution in [-0.4, -0.2) is 11.3 Å². The Morgan fingerprint density at radius 2 is 1.93 bits per heavy atom. The summed E-state index contributed by atoms with van der Waals surface area (Å²) in [4.78, 5) is 10.1. The number of carbonyl (C=O) groups is 1. The highest BCUT2D eigenvalue weighted by Gasteiger charge is 2.17. The second-order valence-corrected chi connectivity index (χ2v) is 2.48. The molecular formula is C8H5F3O3. The molecular weight excluding hydrogens is 201 g/mol. The van der Waals surface area contributed by atoms with Gasteiger partial charge in [-0.2, -0.15) is 0 Å². The highest BCUT2D eigenvalue weighted by atomic mass is 19.2. The molecule has 3 nitrogen and oxygen atoms in total. The Kier molecular flexibility index (Phi) is 2.64. The van der Waals surface area contributed by atoms with Crippen LogP contribution in [0.3, 0.4) is 0 Å². The molecule has 0 heterocycles. The average Bonchev–Trinajstić information content (AvgIpc) is 2.10. The molecule has 0 saturated heterocycles. The number of ether oxygens (including phenoxy) is 1. The van der Waals surface area contributed by atoms with Crippen LogP contribution >= 0.6 is 0 Å². The first kappa shape index (κ1) is 10.4. The monoisotopic (exact) mass is 206 g/mol. The molecule has 0 atom stereocenters. The van der Waals surface area contributed by atoms with Crippen molar-refractivity contribution in [2.24, 2.45) is 0 Å². The van der Waals surface area contributed by atoms with Gasteiger partial charge in [-0.25, -0.2) is 18.0 Å². The number of benzene rings is 1. The summed E-state index contributed by atoms with van der Waals surface area (Å²) in [6.45, 7) is 1.08. The maximum absolute atomic E-state index is 12.8. The topological polar surface area (TPSA) is 46.5 Å². The summed E-state index contributed by atoms with van der Waals surface area (Å²) in [6.07, 6.45) is -1.72. The summed E-state index contributed by atoms with van der Waals surface area (Å²) in [5, 5.41) is 8.18. The maximum atomic E-state index is 12.8. The third-order valence-corrected chi connectivity index (χ3v) is 1.56. The lowest BCUT2D eigenvalue weighted by atomic mass is 10.2. The molecule has 1 rings (SSSR count). The quantitative estimate of drug-likeness (QED) is 0.436. The lowest BCUT2D eigenvalue weighted by molar-refractivity contribution is 0.143. The fourth-order valence-electron chi connectivity index (χ4n) is 0.864. The second kappa shape index (κ2) is 3.57. The molecule has 0 unspecified atom stereocenters. The van der Waals surface area contributed by atoms with E-state index in [-0.39, 0.29) is 0 Å². The number of halogens is 3. The Hall–Kier alpha value is -1.72. The molecule has 0 bridgehead atoms. The van der Waals surface area contributed by atoms with E-state index in [1.54, 1.807) is 0 Å². The van der Waals surface area contributed by atoms with Gasteiger partial charge in [0.15, 0.2) is 17.5 Å². The second-order valence-electron chi connectivity index (χ2n) is 2.48. The van der Waals surface area contributed by atoms with E-state index in [0.717, 1.165) is 6.92 Å². The van der Waals surface area contributed by atoms with E-state index in [1.165, 1.54) is 0 Å². The van der Waals surface area contributed by atoms with Crippen LogP contribution in [0.1, 0.15) is 5.56 Å². The zero-order valence-corrected chi connectivity index (χ0v) is 6.97. The van der Waals surface area contributed by atoms with Gasteiger partial charge in [0.25, 0.3) is 0 Å². The van der Waals surface area contributed by atoms with Crippen LogP contribution in [0.15, 0.2) is 6.07 Å². The van der Waals surface area contributed by atoms with Crippen molar-refractivity contribution in [1.82, 2.24) is 0 Å². The molecule has 1 aromatic carbocycles. The number of rotatable bonds is 1. The molecule has 0 fully saturated rings. The Morgan fingerprint density at radius 1 is 1.36 bits per heavy atom. The van der Waals surface area contributed by atoms with Crippen LogP contribution in [0.4, 0.5) is 18.0 Å². The van der Waals surface area contributed by atoms with Crippen molar-refractivity contribution in [3.05, 3.63) is 29.1 Å². The van der Waals surface area contributed by atoms with Crippen molar-refractivity contribution in [2.45, 2.75) is 6.92 Å². The number of hydrogen-bond donors (Lipinski definition) is 1. The highest BCUT2D eigenvalue weighted by molar-refractivity contribution is 5.62. The van der Waals surface area contributed by atoms with Gasteiger partial charge >= 0.3 is 6.16 Å². The summed E-state index contributed by atoms with van der Waals surface area (Å²) in [5.41, 5.74) is -0.397. The summed E-state index contributed by atoms with van der Waals surface area (Å²) in [6, 6.07) is 0.474. The van der Waals surface area contributed by atoms with Gasteiger partial charge in [0.2, 0.25) is 0 Å². The number of hydrogen-bond acceptors (Lipinski definition) is 2. The van der Waals surface area contributed by atoms with E-state index in [9.17, 15) is 18.0 Å². The van der Waals surface area contributed by atoms with E-state index in [2.05, 4.69) is 4.74 Å². The van der Waals surface area contributed by atoms with Gasteiger partial charge in [-0.3, -0.25) is 0 Å².